The van der Waals surface area contributed by atoms with Gasteiger partial charge in [-0.05, 0) is 36.0 Å². The Kier molecular flexibility index (Phi) is 4.67. The molecule has 0 aliphatic carbocycles. The summed E-state index contributed by atoms with van der Waals surface area (Å²) in [7, 11) is 0. The van der Waals surface area contributed by atoms with Crippen LogP contribution in [0.1, 0.15) is 45.2 Å². The van der Waals surface area contributed by atoms with E-state index in [0.29, 0.717) is 0 Å². The molecule has 0 fully saturated rings. The van der Waals surface area contributed by atoms with E-state index in [1.54, 1.807) is 0 Å². The fraction of sp³-hybridized carbons (Fsp3) is 0.500. The summed E-state index contributed by atoms with van der Waals surface area (Å²) in [6.07, 6.45) is 2.09. The highest BCUT2D eigenvalue weighted by Gasteiger charge is 2.10. The smallest absolute Gasteiger partial charge is 0.122 e. The highest BCUT2D eigenvalue weighted by atomic mass is 16.5. The van der Waals surface area contributed by atoms with E-state index in [9.17, 15) is 0 Å². The van der Waals surface area contributed by atoms with Crippen molar-refractivity contribution < 1.29 is 4.74 Å². The minimum absolute atomic E-state index is 0.805. The molecule has 1 radical (unpaired) electrons. The van der Waals surface area contributed by atoms with Crippen molar-refractivity contribution in [2.45, 2.75) is 40.5 Å². The molecule has 0 saturated carbocycles. The Morgan fingerprint density at radius 2 is 1.93 bits per heavy atom. The van der Waals surface area contributed by atoms with Gasteiger partial charge in [0.25, 0.3) is 0 Å². The van der Waals surface area contributed by atoms with Gasteiger partial charge in [0, 0.05) is 0 Å². The Morgan fingerprint density at radius 1 is 1.20 bits per heavy atom. The Balaban J connectivity index is 2.99. The molecule has 0 bridgehead atoms. The van der Waals surface area contributed by atoms with Crippen LogP contribution in [0.25, 0.3) is 0 Å². The number of ether oxygens (including phenoxy) is 1. The van der Waals surface area contributed by atoms with Crippen molar-refractivity contribution >= 4 is 0 Å². The summed E-state index contributed by atoms with van der Waals surface area (Å²) in [4.78, 5) is 0. The fourth-order valence-corrected chi connectivity index (χ4v) is 1.75. The maximum absolute atomic E-state index is 5.75. The molecular formula is C14H21O. The first-order chi connectivity index (χ1) is 7.20. The SMILES string of the molecule is CCCOc1cccc([C](C)C)c1CC. The van der Waals surface area contributed by atoms with Gasteiger partial charge in [0.1, 0.15) is 5.75 Å². The molecule has 0 atom stereocenters. The molecule has 1 heteroatoms. The van der Waals surface area contributed by atoms with Crippen LogP contribution in [0.15, 0.2) is 18.2 Å². The zero-order valence-electron chi connectivity index (χ0n) is 10.3. The molecule has 1 aromatic carbocycles. The maximum atomic E-state index is 5.75. The number of rotatable bonds is 5. The molecule has 0 aliphatic heterocycles. The van der Waals surface area contributed by atoms with Crippen molar-refractivity contribution in [2.75, 3.05) is 6.61 Å². The molecule has 15 heavy (non-hydrogen) atoms. The topological polar surface area (TPSA) is 9.23 Å². The van der Waals surface area contributed by atoms with Crippen LogP contribution in [0.3, 0.4) is 0 Å². The van der Waals surface area contributed by atoms with Gasteiger partial charge < -0.3 is 4.74 Å². The van der Waals surface area contributed by atoms with E-state index in [2.05, 4.69) is 45.9 Å². The quantitative estimate of drug-likeness (QED) is 0.706. The average Bonchev–Trinajstić information content (AvgIpc) is 2.25. The molecule has 0 saturated heterocycles. The second-order valence-electron chi connectivity index (χ2n) is 3.98. The minimum atomic E-state index is 0.805. The first kappa shape index (κ1) is 12.1. The lowest BCUT2D eigenvalue weighted by Crippen LogP contribution is -2.02. The van der Waals surface area contributed by atoms with Gasteiger partial charge in [0.15, 0.2) is 0 Å². The molecule has 0 heterocycles. The molecule has 0 aliphatic rings. The zero-order valence-corrected chi connectivity index (χ0v) is 10.3. The van der Waals surface area contributed by atoms with Gasteiger partial charge in [-0.1, -0.05) is 39.8 Å². The van der Waals surface area contributed by atoms with Gasteiger partial charge in [-0.15, -0.1) is 0 Å². The molecule has 0 N–H and O–H groups in total. The van der Waals surface area contributed by atoms with Gasteiger partial charge >= 0.3 is 0 Å². The first-order valence-electron chi connectivity index (χ1n) is 5.75. The van der Waals surface area contributed by atoms with E-state index in [4.69, 9.17) is 4.74 Å². The van der Waals surface area contributed by atoms with E-state index < -0.39 is 0 Å². The Bertz CT molecular complexity index is 302. The second kappa shape index (κ2) is 5.79. The van der Waals surface area contributed by atoms with Crippen LogP contribution < -0.4 is 4.74 Å². The highest BCUT2D eigenvalue weighted by molar-refractivity contribution is 5.46. The Labute approximate surface area is 93.5 Å². The monoisotopic (exact) mass is 205 g/mol. The number of hydrogen-bond donors (Lipinski definition) is 0. The summed E-state index contributed by atoms with van der Waals surface area (Å²) < 4.78 is 5.75. The molecule has 0 amide bonds. The third-order valence-corrected chi connectivity index (χ3v) is 2.49. The average molecular weight is 205 g/mol. The lowest BCUT2D eigenvalue weighted by molar-refractivity contribution is 0.314. The summed E-state index contributed by atoms with van der Waals surface area (Å²) in [6, 6.07) is 6.32. The van der Waals surface area contributed by atoms with Gasteiger partial charge in [0.05, 0.1) is 6.61 Å². The van der Waals surface area contributed by atoms with E-state index in [1.807, 2.05) is 0 Å². The standard InChI is InChI=1S/C14H21O/c1-5-10-15-14-9-7-8-13(11(3)4)12(14)6-2/h7-9H,5-6,10H2,1-4H3. The van der Waals surface area contributed by atoms with Crippen LogP contribution >= 0.6 is 0 Å². The predicted molar refractivity (Wildman–Crippen MR) is 65.3 cm³/mol. The lowest BCUT2D eigenvalue weighted by Gasteiger charge is -2.16. The van der Waals surface area contributed by atoms with Crippen LogP contribution in [-0.4, -0.2) is 6.61 Å². The van der Waals surface area contributed by atoms with Crippen molar-refractivity contribution in [2.24, 2.45) is 0 Å². The molecule has 0 aromatic heterocycles. The summed E-state index contributed by atoms with van der Waals surface area (Å²) in [5, 5.41) is 0. The van der Waals surface area contributed by atoms with Gasteiger partial charge in [0.2, 0.25) is 0 Å². The van der Waals surface area contributed by atoms with Crippen LogP contribution in [0, 0.1) is 5.92 Å². The van der Waals surface area contributed by atoms with Gasteiger partial charge in [-0.3, -0.25) is 0 Å². The van der Waals surface area contributed by atoms with Gasteiger partial charge in [-0.25, -0.2) is 0 Å². The van der Waals surface area contributed by atoms with E-state index in [-0.39, 0.29) is 0 Å². The lowest BCUT2D eigenvalue weighted by atomic mass is 9.95. The van der Waals surface area contributed by atoms with Crippen molar-refractivity contribution in [3.8, 4) is 5.75 Å². The predicted octanol–water partition coefficient (Wildman–Crippen LogP) is 4.00. The fourth-order valence-electron chi connectivity index (χ4n) is 1.75. The highest BCUT2D eigenvalue weighted by Crippen LogP contribution is 2.27. The molecule has 0 spiro atoms. The van der Waals surface area contributed by atoms with Crippen LogP contribution in [-0.2, 0) is 6.42 Å². The zero-order chi connectivity index (χ0) is 11.3. The van der Waals surface area contributed by atoms with Crippen LogP contribution in [0.5, 0.6) is 5.75 Å². The van der Waals surface area contributed by atoms with Crippen LogP contribution in [0.2, 0.25) is 0 Å². The molecule has 1 aromatic rings. The maximum Gasteiger partial charge on any atom is 0.122 e. The van der Waals surface area contributed by atoms with E-state index in [1.165, 1.54) is 17.0 Å². The van der Waals surface area contributed by atoms with Gasteiger partial charge in [-0.2, -0.15) is 0 Å². The van der Waals surface area contributed by atoms with Crippen LogP contribution in [0.4, 0.5) is 0 Å². The third-order valence-electron chi connectivity index (χ3n) is 2.49. The first-order valence-corrected chi connectivity index (χ1v) is 5.75. The molecule has 0 unspecified atom stereocenters. The van der Waals surface area contributed by atoms with Crippen molar-refractivity contribution in [3.63, 3.8) is 0 Å². The Hall–Kier alpha value is -0.980. The van der Waals surface area contributed by atoms with E-state index >= 15 is 0 Å². The molecule has 1 rings (SSSR count). The molecular weight excluding hydrogens is 184 g/mol. The third kappa shape index (κ3) is 2.98. The largest absolute Gasteiger partial charge is 0.493 e. The normalized spacial score (nSPS) is 10.7. The summed E-state index contributed by atoms with van der Waals surface area (Å²) in [5.74, 6) is 2.41. The second-order valence-corrected chi connectivity index (χ2v) is 3.98. The molecule has 83 valence electrons. The summed E-state index contributed by atoms with van der Waals surface area (Å²) >= 11 is 0. The van der Waals surface area contributed by atoms with Crippen molar-refractivity contribution in [3.05, 3.63) is 35.2 Å². The summed E-state index contributed by atoms with van der Waals surface area (Å²) in [6.45, 7) is 9.42. The Morgan fingerprint density at radius 3 is 2.47 bits per heavy atom. The molecule has 1 nitrogen and oxygen atoms in total. The van der Waals surface area contributed by atoms with Crippen molar-refractivity contribution in [1.29, 1.82) is 0 Å². The van der Waals surface area contributed by atoms with E-state index in [0.717, 1.165) is 25.2 Å². The summed E-state index contributed by atoms with van der Waals surface area (Å²) in [5.41, 5.74) is 2.68. The number of hydrogen-bond acceptors (Lipinski definition) is 1. The minimum Gasteiger partial charge on any atom is -0.493 e. The van der Waals surface area contributed by atoms with Crippen molar-refractivity contribution in [1.82, 2.24) is 0 Å². The number of benzene rings is 1.